The Hall–Kier alpha value is -2.75. The van der Waals surface area contributed by atoms with E-state index in [2.05, 4.69) is 15.1 Å². The van der Waals surface area contributed by atoms with Crippen LogP contribution in [0.25, 0.3) is 0 Å². The predicted octanol–water partition coefficient (Wildman–Crippen LogP) is 0.317. The molecule has 0 aliphatic rings. The molecular weight excluding hydrogens is 326 g/mol. The van der Waals surface area contributed by atoms with Crippen LogP contribution in [0.15, 0.2) is 32.5 Å². The number of carboxylic acid groups (broad SMARTS) is 1. The number of phenols is 1. The fourth-order valence-corrected chi connectivity index (χ4v) is 2.61. The van der Waals surface area contributed by atoms with Gasteiger partial charge in [0.2, 0.25) is 5.91 Å². The van der Waals surface area contributed by atoms with Crippen molar-refractivity contribution < 1.29 is 29.0 Å². The van der Waals surface area contributed by atoms with Crippen molar-refractivity contribution in [2.24, 2.45) is 7.05 Å². The number of hydrogen-bond acceptors (Lipinski definition) is 6. The van der Waals surface area contributed by atoms with E-state index in [9.17, 15) is 19.5 Å². The summed E-state index contributed by atoms with van der Waals surface area (Å²) in [7, 11) is 1.61. The molecule has 10 heteroatoms. The second-order valence-electron chi connectivity index (χ2n) is 4.53. The van der Waals surface area contributed by atoms with Crippen LogP contribution >= 0.6 is 11.8 Å². The monoisotopic (exact) mass is 340 g/mol. The molecule has 4 N–H and O–H groups in total. The molecule has 0 bridgehead atoms. The number of thioether (sulfide) groups is 1. The van der Waals surface area contributed by atoms with Gasteiger partial charge in [0.05, 0.1) is 0 Å². The SMILES string of the molecule is C[n+]1[nH]oc(=O)c1SCCC(=O)Nc1ccc(O)c(C(=O)O)c1. The summed E-state index contributed by atoms with van der Waals surface area (Å²) in [5, 5.41) is 23.5. The number of amides is 1. The van der Waals surface area contributed by atoms with Crippen molar-refractivity contribution in [2.75, 3.05) is 11.1 Å². The average Bonchev–Trinajstić information content (AvgIpc) is 2.80. The molecule has 0 fully saturated rings. The van der Waals surface area contributed by atoms with Gasteiger partial charge in [-0.2, -0.15) is 0 Å². The molecule has 0 spiro atoms. The van der Waals surface area contributed by atoms with E-state index in [1.165, 1.54) is 22.9 Å². The molecule has 1 aromatic heterocycles. The molecule has 2 aromatic rings. The lowest BCUT2D eigenvalue weighted by Crippen LogP contribution is -2.33. The maximum absolute atomic E-state index is 11.8. The summed E-state index contributed by atoms with van der Waals surface area (Å²) in [6.07, 6.45) is 0.110. The van der Waals surface area contributed by atoms with Gasteiger partial charge in [0, 0.05) is 17.9 Å². The van der Waals surface area contributed by atoms with Crippen molar-refractivity contribution in [1.82, 2.24) is 5.27 Å². The predicted molar refractivity (Wildman–Crippen MR) is 79.5 cm³/mol. The number of carbonyl (C=O) groups is 2. The number of aromatic amines is 1. The highest BCUT2D eigenvalue weighted by atomic mass is 32.2. The van der Waals surface area contributed by atoms with E-state index in [1.807, 2.05) is 0 Å². The van der Waals surface area contributed by atoms with Gasteiger partial charge in [0.15, 0.2) is 7.05 Å². The van der Waals surface area contributed by atoms with E-state index in [0.717, 1.165) is 11.8 Å². The summed E-state index contributed by atoms with van der Waals surface area (Å²) >= 11 is 1.16. The fourth-order valence-electron chi connectivity index (χ4n) is 1.74. The number of hydrogen-bond donors (Lipinski definition) is 4. The minimum atomic E-state index is -1.29. The minimum absolute atomic E-state index is 0.110. The van der Waals surface area contributed by atoms with Gasteiger partial charge in [0.1, 0.15) is 11.3 Å². The molecule has 1 aromatic carbocycles. The zero-order valence-electron chi connectivity index (χ0n) is 12.0. The smallest absolute Gasteiger partial charge is 0.441 e. The number of nitrogens with one attached hydrogen (secondary N) is 2. The van der Waals surface area contributed by atoms with Gasteiger partial charge in [-0.25, -0.2) is 9.59 Å². The molecule has 1 amide bonds. The van der Waals surface area contributed by atoms with Crippen LogP contribution in [0.3, 0.4) is 0 Å². The van der Waals surface area contributed by atoms with Crippen LogP contribution in [-0.4, -0.2) is 33.1 Å². The first kappa shape index (κ1) is 16.6. The van der Waals surface area contributed by atoms with Crippen molar-refractivity contribution >= 4 is 29.3 Å². The maximum Gasteiger partial charge on any atom is 0.441 e. The number of aromatic carboxylic acids is 1. The molecule has 0 aliphatic heterocycles. The van der Waals surface area contributed by atoms with Crippen LogP contribution in [-0.2, 0) is 11.8 Å². The Morgan fingerprint density at radius 1 is 1.43 bits per heavy atom. The van der Waals surface area contributed by atoms with Crippen LogP contribution in [0.5, 0.6) is 5.75 Å². The number of H-pyrrole nitrogens is 1. The third-order valence-corrected chi connectivity index (χ3v) is 3.96. The molecule has 0 saturated heterocycles. The molecular formula is C13H14N3O6S+. The molecule has 9 nitrogen and oxygen atoms in total. The van der Waals surface area contributed by atoms with Crippen molar-refractivity contribution in [2.45, 2.75) is 11.4 Å². The fraction of sp³-hybridized carbons (Fsp3) is 0.231. The van der Waals surface area contributed by atoms with E-state index in [1.54, 1.807) is 7.05 Å². The van der Waals surface area contributed by atoms with Crippen molar-refractivity contribution in [3.05, 3.63) is 34.2 Å². The van der Waals surface area contributed by atoms with E-state index in [4.69, 9.17) is 5.11 Å². The van der Waals surface area contributed by atoms with Crippen molar-refractivity contribution in [3.8, 4) is 5.75 Å². The quantitative estimate of drug-likeness (QED) is 0.337. The molecule has 1 heterocycles. The number of aryl methyl sites for hydroxylation is 1. The molecule has 122 valence electrons. The lowest BCUT2D eigenvalue weighted by molar-refractivity contribution is -0.772. The van der Waals surface area contributed by atoms with Crippen LogP contribution < -0.4 is 15.6 Å². The van der Waals surface area contributed by atoms with Crippen LogP contribution in [0.1, 0.15) is 16.8 Å². The topological polar surface area (TPSA) is 137 Å². The Bertz CT molecular complexity index is 797. The van der Waals surface area contributed by atoms with Crippen LogP contribution in [0.2, 0.25) is 0 Å². The number of nitrogens with zero attached hydrogens (tertiary/aromatic N) is 1. The highest BCUT2D eigenvalue weighted by molar-refractivity contribution is 7.99. The highest BCUT2D eigenvalue weighted by Gasteiger charge is 2.18. The largest absolute Gasteiger partial charge is 0.507 e. The first-order valence-corrected chi connectivity index (χ1v) is 7.43. The summed E-state index contributed by atoms with van der Waals surface area (Å²) in [4.78, 5) is 34.1. The molecule has 0 radical (unpaired) electrons. The molecule has 0 atom stereocenters. The summed E-state index contributed by atoms with van der Waals surface area (Å²) in [5.41, 5.74) is -0.543. The van der Waals surface area contributed by atoms with Crippen LogP contribution in [0.4, 0.5) is 5.69 Å². The van der Waals surface area contributed by atoms with Gasteiger partial charge < -0.3 is 15.5 Å². The molecule has 0 unspecified atom stereocenters. The normalized spacial score (nSPS) is 10.5. The summed E-state index contributed by atoms with van der Waals surface area (Å²) in [6.45, 7) is 0. The maximum atomic E-state index is 11.8. The Morgan fingerprint density at radius 2 is 2.17 bits per heavy atom. The van der Waals surface area contributed by atoms with Gasteiger partial charge in [-0.05, 0) is 35.2 Å². The van der Waals surface area contributed by atoms with E-state index < -0.39 is 11.6 Å². The Kier molecular flexibility index (Phi) is 5.06. The summed E-state index contributed by atoms with van der Waals surface area (Å²) < 4.78 is 5.98. The number of rotatable bonds is 6. The Balaban J connectivity index is 1.91. The number of aromatic hydroxyl groups is 1. The minimum Gasteiger partial charge on any atom is -0.507 e. The lowest BCUT2D eigenvalue weighted by Gasteiger charge is -2.06. The van der Waals surface area contributed by atoms with Crippen LogP contribution in [0, 0.1) is 0 Å². The highest BCUT2D eigenvalue weighted by Crippen LogP contribution is 2.21. The van der Waals surface area contributed by atoms with Gasteiger partial charge in [-0.15, -0.1) is 0 Å². The van der Waals surface area contributed by atoms with Crippen molar-refractivity contribution in [3.63, 3.8) is 0 Å². The molecule has 0 aliphatic carbocycles. The first-order chi connectivity index (χ1) is 10.9. The van der Waals surface area contributed by atoms with Crippen molar-refractivity contribution in [1.29, 1.82) is 0 Å². The second kappa shape index (κ2) is 7.01. The number of aromatic nitrogens is 2. The third-order valence-electron chi connectivity index (χ3n) is 2.83. The van der Waals surface area contributed by atoms with E-state index >= 15 is 0 Å². The first-order valence-electron chi connectivity index (χ1n) is 6.45. The Morgan fingerprint density at radius 3 is 2.78 bits per heavy atom. The second-order valence-corrected chi connectivity index (χ2v) is 5.61. The van der Waals surface area contributed by atoms with Gasteiger partial charge >= 0.3 is 16.6 Å². The zero-order valence-corrected chi connectivity index (χ0v) is 12.8. The third kappa shape index (κ3) is 4.13. The molecule has 2 rings (SSSR count). The number of carbonyl (C=O) groups excluding carboxylic acids is 1. The van der Waals surface area contributed by atoms with Gasteiger partial charge in [-0.3, -0.25) is 9.32 Å². The average molecular weight is 340 g/mol. The number of benzene rings is 1. The standard InChI is InChI=1S/C13H13N3O6S/c1-16-11(13(21)22-15-16)23-5-4-10(18)14-7-2-3-9(17)8(6-7)12(19)20/h2-3,6,15H,4-5H2,1H3,(H2,19,20,21)/p+1. The molecule has 0 saturated carbocycles. The van der Waals surface area contributed by atoms with E-state index in [0.29, 0.717) is 10.8 Å². The van der Waals surface area contributed by atoms with Gasteiger partial charge in [0.25, 0.3) is 0 Å². The zero-order chi connectivity index (χ0) is 17.0. The summed E-state index contributed by atoms with van der Waals surface area (Å²) in [5.74, 6) is -1.67. The molecule has 23 heavy (non-hydrogen) atoms. The lowest BCUT2D eigenvalue weighted by atomic mass is 10.2. The van der Waals surface area contributed by atoms with E-state index in [-0.39, 0.29) is 29.3 Å². The number of anilines is 1. The summed E-state index contributed by atoms with van der Waals surface area (Å²) in [6, 6.07) is 3.76. The van der Waals surface area contributed by atoms with Gasteiger partial charge in [-0.1, -0.05) is 4.68 Å². The number of carboxylic acids is 1. The Labute approximate surface area is 133 Å².